The molecule has 6 heteroatoms. The van der Waals surface area contributed by atoms with Gasteiger partial charge in [-0.15, -0.1) is 0 Å². The van der Waals surface area contributed by atoms with E-state index in [1.165, 1.54) is 12.0 Å². The lowest BCUT2D eigenvalue weighted by Crippen LogP contribution is -2.29. The maximum Gasteiger partial charge on any atom is 0.240 e. The topological polar surface area (TPSA) is 74.8 Å². The van der Waals surface area contributed by atoms with E-state index in [1.807, 2.05) is 48.7 Å². The summed E-state index contributed by atoms with van der Waals surface area (Å²) >= 11 is 0. The van der Waals surface area contributed by atoms with Crippen LogP contribution in [-0.4, -0.2) is 24.9 Å². The van der Waals surface area contributed by atoms with Crippen LogP contribution in [0.4, 0.5) is 0 Å². The fourth-order valence-electron chi connectivity index (χ4n) is 4.53. The smallest absolute Gasteiger partial charge is 0.240 e. The molecule has 2 N–H and O–H groups in total. The van der Waals surface area contributed by atoms with Gasteiger partial charge in [0, 0.05) is 42.0 Å². The zero-order valence-corrected chi connectivity index (χ0v) is 18.0. The Morgan fingerprint density at radius 3 is 2.68 bits per heavy atom. The number of aryl methyl sites for hydroxylation is 2. The molecule has 5 rings (SSSR count). The van der Waals surface area contributed by atoms with Crippen LogP contribution >= 0.6 is 0 Å². The van der Waals surface area contributed by atoms with Gasteiger partial charge in [-0.3, -0.25) is 4.98 Å². The van der Waals surface area contributed by atoms with Crippen molar-refractivity contribution < 1.29 is 8.42 Å². The monoisotopic (exact) mass is 431 g/mol. The number of aromatic amines is 1. The summed E-state index contributed by atoms with van der Waals surface area (Å²) in [5.74, 6) is -0.155. The summed E-state index contributed by atoms with van der Waals surface area (Å²) in [6.45, 7) is 0.257. The van der Waals surface area contributed by atoms with Crippen LogP contribution in [0.15, 0.2) is 78.1 Å². The van der Waals surface area contributed by atoms with Gasteiger partial charge in [0.05, 0.1) is 4.90 Å². The van der Waals surface area contributed by atoms with Gasteiger partial charge in [0.2, 0.25) is 10.0 Å². The summed E-state index contributed by atoms with van der Waals surface area (Å²) in [5, 5.41) is 1.09. The molecular formula is C25H25N3O2S. The highest BCUT2D eigenvalue weighted by atomic mass is 32.2. The molecular weight excluding hydrogens is 406 g/mol. The first-order valence-electron chi connectivity index (χ1n) is 10.7. The van der Waals surface area contributed by atoms with E-state index in [-0.39, 0.29) is 12.5 Å². The SMILES string of the molecule is O=S(=O)(NC[C@H](c1cccnc1)c1c[nH]c2ccccc12)c1ccc2c(c1)CCCC2. The fourth-order valence-corrected chi connectivity index (χ4v) is 5.62. The quantitative estimate of drug-likeness (QED) is 0.470. The second-order valence-corrected chi connectivity index (χ2v) is 9.89. The molecule has 0 unspecified atom stereocenters. The van der Waals surface area contributed by atoms with Gasteiger partial charge in [-0.1, -0.05) is 30.3 Å². The summed E-state index contributed by atoms with van der Waals surface area (Å²) in [6.07, 6.45) is 9.78. The molecule has 0 aliphatic heterocycles. The van der Waals surface area contributed by atoms with E-state index in [4.69, 9.17) is 0 Å². The second-order valence-electron chi connectivity index (χ2n) is 8.12. The van der Waals surface area contributed by atoms with E-state index in [9.17, 15) is 8.42 Å². The van der Waals surface area contributed by atoms with Crippen molar-refractivity contribution in [2.45, 2.75) is 36.5 Å². The van der Waals surface area contributed by atoms with E-state index >= 15 is 0 Å². The molecule has 0 fully saturated rings. The van der Waals surface area contributed by atoms with Crippen LogP contribution in [0.1, 0.15) is 41.0 Å². The molecule has 0 bridgehead atoms. The number of benzene rings is 2. The van der Waals surface area contributed by atoms with Crippen molar-refractivity contribution in [3.63, 3.8) is 0 Å². The highest BCUT2D eigenvalue weighted by Gasteiger charge is 2.23. The van der Waals surface area contributed by atoms with Crippen LogP contribution in [-0.2, 0) is 22.9 Å². The molecule has 31 heavy (non-hydrogen) atoms. The van der Waals surface area contributed by atoms with Gasteiger partial charge >= 0.3 is 0 Å². The summed E-state index contributed by atoms with van der Waals surface area (Å²) in [7, 11) is -3.62. The van der Waals surface area contributed by atoms with Crippen molar-refractivity contribution in [1.82, 2.24) is 14.7 Å². The Hall–Kier alpha value is -2.96. The molecule has 0 radical (unpaired) electrons. The van der Waals surface area contributed by atoms with Crippen molar-refractivity contribution in [3.8, 4) is 0 Å². The number of pyridine rings is 1. The number of fused-ring (bicyclic) bond motifs is 2. The lowest BCUT2D eigenvalue weighted by atomic mass is 9.92. The number of hydrogen-bond donors (Lipinski definition) is 2. The highest BCUT2D eigenvalue weighted by Crippen LogP contribution is 2.31. The first-order chi connectivity index (χ1) is 15.1. The van der Waals surface area contributed by atoms with Crippen molar-refractivity contribution in [3.05, 3.63) is 95.4 Å². The Balaban J connectivity index is 1.46. The number of sulfonamides is 1. The third-order valence-electron chi connectivity index (χ3n) is 6.19. The van der Waals surface area contributed by atoms with E-state index in [1.54, 1.807) is 18.5 Å². The molecule has 0 amide bonds. The summed E-state index contributed by atoms with van der Waals surface area (Å²) in [6, 6.07) is 17.5. The molecule has 4 aromatic rings. The number of nitrogens with one attached hydrogen (secondary N) is 2. The Labute approximate surface area is 182 Å². The molecule has 0 saturated carbocycles. The fraction of sp³-hybridized carbons (Fsp3) is 0.240. The van der Waals surface area contributed by atoms with Crippen LogP contribution in [0.25, 0.3) is 10.9 Å². The van der Waals surface area contributed by atoms with Gasteiger partial charge in [0.25, 0.3) is 0 Å². The maximum absolute atomic E-state index is 13.2. The van der Waals surface area contributed by atoms with Crippen molar-refractivity contribution >= 4 is 20.9 Å². The first kappa shape index (κ1) is 20.0. The minimum atomic E-state index is -3.62. The molecule has 0 saturated heterocycles. The second kappa shape index (κ2) is 8.29. The van der Waals surface area contributed by atoms with Gasteiger partial charge in [-0.05, 0) is 72.2 Å². The Bertz CT molecular complexity index is 1310. The van der Waals surface area contributed by atoms with Crippen LogP contribution in [0.3, 0.4) is 0 Å². The van der Waals surface area contributed by atoms with Crippen LogP contribution in [0.2, 0.25) is 0 Å². The van der Waals surface area contributed by atoms with Crippen molar-refractivity contribution in [1.29, 1.82) is 0 Å². The molecule has 2 aromatic heterocycles. The molecule has 1 atom stereocenters. The maximum atomic E-state index is 13.2. The van der Waals surface area contributed by atoms with Crippen LogP contribution in [0.5, 0.6) is 0 Å². The zero-order valence-electron chi connectivity index (χ0n) is 17.2. The normalized spacial score (nSPS) is 15.0. The summed E-state index contributed by atoms with van der Waals surface area (Å²) in [4.78, 5) is 7.91. The number of H-pyrrole nitrogens is 1. The van der Waals surface area contributed by atoms with Crippen molar-refractivity contribution in [2.75, 3.05) is 6.54 Å². The number of hydrogen-bond acceptors (Lipinski definition) is 3. The molecule has 1 aliphatic carbocycles. The van der Waals surface area contributed by atoms with Gasteiger partial charge in [0.15, 0.2) is 0 Å². The predicted octanol–water partition coefficient (Wildman–Crippen LogP) is 4.55. The van der Waals surface area contributed by atoms with Gasteiger partial charge in [-0.25, -0.2) is 13.1 Å². The lowest BCUT2D eigenvalue weighted by molar-refractivity contribution is 0.577. The van der Waals surface area contributed by atoms with Gasteiger partial charge in [-0.2, -0.15) is 0 Å². The largest absolute Gasteiger partial charge is 0.361 e. The zero-order chi connectivity index (χ0) is 21.3. The molecule has 2 heterocycles. The first-order valence-corrected chi connectivity index (χ1v) is 12.2. The minimum absolute atomic E-state index is 0.155. The summed E-state index contributed by atoms with van der Waals surface area (Å²) < 4.78 is 29.2. The average molecular weight is 432 g/mol. The molecule has 158 valence electrons. The average Bonchev–Trinajstić information content (AvgIpc) is 3.23. The number of aromatic nitrogens is 2. The minimum Gasteiger partial charge on any atom is -0.361 e. The standard InChI is InChI=1S/C25H25N3O2S/c29-31(30,21-12-11-18-6-1-2-7-19(18)14-21)28-17-23(20-8-5-13-26-15-20)24-16-27-25-10-4-3-9-22(24)25/h3-5,8-16,23,27-28H,1-2,6-7,17H2/t23-/m1/s1. The highest BCUT2D eigenvalue weighted by molar-refractivity contribution is 7.89. The van der Waals surface area contributed by atoms with E-state index in [0.717, 1.165) is 46.9 Å². The van der Waals surface area contributed by atoms with Crippen LogP contribution < -0.4 is 4.72 Å². The molecule has 2 aromatic carbocycles. The Morgan fingerprint density at radius 1 is 1.00 bits per heavy atom. The summed E-state index contributed by atoms with van der Waals surface area (Å²) in [5.41, 5.74) is 5.49. The number of rotatable bonds is 6. The molecule has 1 aliphatic rings. The third kappa shape index (κ3) is 4.01. The van der Waals surface area contributed by atoms with Crippen LogP contribution in [0, 0.1) is 0 Å². The number of nitrogens with zero attached hydrogens (tertiary/aromatic N) is 1. The number of para-hydroxylation sites is 1. The molecule has 0 spiro atoms. The Morgan fingerprint density at radius 2 is 1.84 bits per heavy atom. The lowest BCUT2D eigenvalue weighted by Gasteiger charge is -2.19. The van der Waals surface area contributed by atoms with E-state index in [0.29, 0.717) is 4.90 Å². The van der Waals surface area contributed by atoms with Crippen molar-refractivity contribution in [2.24, 2.45) is 0 Å². The van der Waals surface area contributed by atoms with Gasteiger partial charge < -0.3 is 4.98 Å². The van der Waals surface area contributed by atoms with E-state index < -0.39 is 10.0 Å². The third-order valence-corrected chi connectivity index (χ3v) is 7.61. The molecule has 5 nitrogen and oxygen atoms in total. The van der Waals surface area contributed by atoms with E-state index in [2.05, 4.69) is 20.8 Å². The predicted molar refractivity (Wildman–Crippen MR) is 123 cm³/mol. The Kier molecular flexibility index (Phi) is 5.34. The van der Waals surface area contributed by atoms with Gasteiger partial charge in [0.1, 0.15) is 0 Å².